The lowest BCUT2D eigenvalue weighted by molar-refractivity contribution is -0.143. The number of aliphatic carboxylic acids is 1. The van der Waals surface area contributed by atoms with Gasteiger partial charge in [0.2, 0.25) is 11.8 Å². The molecule has 6 aromatic rings. The standard InChI is InChI=1S/C21H21FN6O4.C19H17FN6O4/c1-2-31-17(29)5-6-27-11-13(10-26-27)15-4-3-14(9-16(15)22)28-7-8-32-20-18(21(28)30)19(23)24-12-25-20;20-14-7-12(1-2-13(14)11-8-24-25(9-11)4-3-15(27)28)26-5-6-30-18-16(19(26)29)17(21)22-10-23-18/h3-4,9-12H,2,5-8H2,1H3,(H2,23,24,25);1-2,7-10H,3-6H2,(H,27,28)(H2,21,22,23). The van der Waals surface area contributed by atoms with E-state index >= 15 is 0 Å². The average Bonchev–Trinajstić information content (AvgIpc) is 3.84. The van der Waals surface area contributed by atoms with Gasteiger partial charge in [0.05, 0.1) is 58.0 Å². The molecule has 2 aliphatic heterocycles. The Morgan fingerprint density at radius 1 is 0.742 bits per heavy atom. The van der Waals surface area contributed by atoms with Gasteiger partial charge in [-0.05, 0) is 43.3 Å². The number of carboxylic acid groups (broad SMARTS) is 1. The van der Waals surface area contributed by atoms with E-state index in [9.17, 15) is 28.0 Å². The number of aryl methyl sites for hydroxylation is 2. The van der Waals surface area contributed by atoms with Gasteiger partial charge in [0, 0.05) is 46.0 Å². The number of fused-ring (bicyclic) bond motifs is 2. The second-order valence-corrected chi connectivity index (χ2v) is 13.5. The van der Waals surface area contributed by atoms with Gasteiger partial charge < -0.3 is 40.6 Å². The quantitative estimate of drug-likeness (QED) is 0.157. The second-order valence-electron chi connectivity index (χ2n) is 13.5. The van der Waals surface area contributed by atoms with Crippen molar-refractivity contribution in [3.63, 3.8) is 0 Å². The van der Waals surface area contributed by atoms with Gasteiger partial charge in [0.15, 0.2) is 0 Å². The zero-order chi connectivity index (χ0) is 43.9. The molecular weight excluding hydrogens is 815 g/mol. The molecule has 0 aliphatic carbocycles. The topological polar surface area (TPSA) is 262 Å². The fourth-order valence-electron chi connectivity index (χ4n) is 6.53. The molecule has 8 rings (SSSR count). The third-order valence-electron chi connectivity index (χ3n) is 9.53. The average molecular weight is 853 g/mol. The van der Waals surface area contributed by atoms with Crippen LogP contribution in [0.15, 0.2) is 73.8 Å². The number of anilines is 4. The van der Waals surface area contributed by atoms with E-state index in [1.807, 2.05) is 0 Å². The van der Waals surface area contributed by atoms with Crippen molar-refractivity contribution >= 4 is 46.8 Å². The fraction of sp³-hybridized carbons (Fsp3) is 0.250. The van der Waals surface area contributed by atoms with Gasteiger partial charge in [-0.25, -0.2) is 28.7 Å². The minimum Gasteiger partial charge on any atom is -0.481 e. The van der Waals surface area contributed by atoms with Gasteiger partial charge in [-0.2, -0.15) is 10.2 Å². The number of benzene rings is 2. The first-order chi connectivity index (χ1) is 29.9. The van der Waals surface area contributed by atoms with E-state index in [1.54, 1.807) is 42.2 Å². The third kappa shape index (κ3) is 9.22. The molecule has 2 amide bonds. The zero-order valence-electron chi connectivity index (χ0n) is 33.0. The summed E-state index contributed by atoms with van der Waals surface area (Å²) in [5.74, 6) is -3.09. The van der Waals surface area contributed by atoms with Crippen molar-refractivity contribution < 1.29 is 47.3 Å². The lowest BCUT2D eigenvalue weighted by Gasteiger charge is -2.20. The number of nitrogens with zero attached hydrogens (tertiary/aromatic N) is 10. The molecule has 0 bridgehead atoms. The Bertz CT molecular complexity index is 2660. The predicted molar refractivity (Wildman–Crippen MR) is 216 cm³/mol. The molecule has 62 heavy (non-hydrogen) atoms. The molecule has 0 unspecified atom stereocenters. The smallest absolute Gasteiger partial charge is 0.307 e. The van der Waals surface area contributed by atoms with E-state index in [0.29, 0.717) is 41.2 Å². The van der Waals surface area contributed by atoms with Crippen molar-refractivity contribution in [2.75, 3.05) is 54.2 Å². The fourth-order valence-corrected chi connectivity index (χ4v) is 6.53. The summed E-state index contributed by atoms with van der Waals surface area (Å²) < 4.78 is 48.7. The molecule has 5 N–H and O–H groups in total. The number of nitrogens with two attached hydrogens (primary N) is 2. The maximum absolute atomic E-state index is 15.0. The molecule has 0 radical (unpaired) electrons. The summed E-state index contributed by atoms with van der Waals surface area (Å²) in [5, 5.41) is 17.0. The highest BCUT2D eigenvalue weighted by Crippen LogP contribution is 2.33. The van der Waals surface area contributed by atoms with Crippen LogP contribution in [0, 0.1) is 11.6 Å². The number of hydrogen-bond acceptors (Lipinski definition) is 15. The molecule has 22 heteroatoms. The van der Waals surface area contributed by atoms with E-state index in [2.05, 4.69) is 30.1 Å². The molecular formula is C40H38F2N12O8. The Labute approximate surface area is 350 Å². The van der Waals surface area contributed by atoms with Gasteiger partial charge in [-0.1, -0.05) is 0 Å². The normalized spacial score (nSPS) is 13.4. The number of aromatic nitrogens is 8. The number of hydrogen-bond donors (Lipinski definition) is 3. The molecule has 2 aromatic carbocycles. The van der Waals surface area contributed by atoms with Gasteiger partial charge in [-0.3, -0.25) is 28.5 Å². The predicted octanol–water partition coefficient (Wildman–Crippen LogP) is 3.63. The number of esters is 1. The summed E-state index contributed by atoms with van der Waals surface area (Å²) in [6, 6.07) is 8.87. The van der Waals surface area contributed by atoms with E-state index < -0.39 is 29.4 Å². The summed E-state index contributed by atoms with van der Waals surface area (Å²) in [5.41, 5.74) is 14.1. The molecule has 0 fully saturated rings. The van der Waals surface area contributed by atoms with Gasteiger partial charge in [-0.15, -0.1) is 0 Å². The second kappa shape index (κ2) is 18.5. The number of carbonyl (C=O) groups excluding carboxylic acids is 3. The number of amides is 2. The Balaban J connectivity index is 0.000000187. The van der Waals surface area contributed by atoms with Crippen molar-refractivity contribution in [3.8, 4) is 34.0 Å². The molecule has 0 spiro atoms. The first kappa shape index (κ1) is 42.1. The Hall–Kier alpha value is -8.04. The Morgan fingerprint density at radius 3 is 1.65 bits per heavy atom. The van der Waals surface area contributed by atoms with Crippen molar-refractivity contribution in [1.29, 1.82) is 0 Å². The van der Waals surface area contributed by atoms with Crippen LogP contribution >= 0.6 is 0 Å². The molecule has 0 atom stereocenters. The van der Waals surface area contributed by atoms with E-state index in [0.717, 1.165) is 0 Å². The first-order valence-corrected chi connectivity index (χ1v) is 19.0. The van der Waals surface area contributed by atoms with Gasteiger partial charge in [0.1, 0.15) is 60.3 Å². The number of carboxylic acids is 1. The van der Waals surface area contributed by atoms with Crippen LogP contribution in [0.4, 0.5) is 31.8 Å². The van der Waals surface area contributed by atoms with Crippen LogP contribution in [-0.4, -0.2) is 101 Å². The lowest BCUT2D eigenvalue weighted by Crippen LogP contribution is -2.32. The summed E-state index contributed by atoms with van der Waals surface area (Å²) in [6.07, 6.45) is 8.71. The minimum atomic E-state index is -0.943. The van der Waals surface area contributed by atoms with Crippen molar-refractivity contribution in [1.82, 2.24) is 39.5 Å². The molecule has 20 nitrogen and oxygen atoms in total. The number of carbonyl (C=O) groups is 4. The zero-order valence-corrected chi connectivity index (χ0v) is 33.0. The van der Waals surface area contributed by atoms with Crippen LogP contribution in [0.25, 0.3) is 22.3 Å². The van der Waals surface area contributed by atoms with Crippen LogP contribution in [0.5, 0.6) is 11.8 Å². The third-order valence-corrected chi connectivity index (χ3v) is 9.53. The highest BCUT2D eigenvalue weighted by molar-refractivity contribution is 6.11. The summed E-state index contributed by atoms with van der Waals surface area (Å²) >= 11 is 0. The van der Waals surface area contributed by atoms with Crippen LogP contribution in [-0.2, 0) is 27.4 Å². The molecule has 0 saturated carbocycles. The van der Waals surface area contributed by atoms with Gasteiger partial charge >= 0.3 is 11.9 Å². The highest BCUT2D eigenvalue weighted by Gasteiger charge is 2.31. The molecule has 4 aromatic heterocycles. The molecule has 0 saturated heterocycles. The van der Waals surface area contributed by atoms with Crippen LogP contribution < -0.4 is 30.7 Å². The summed E-state index contributed by atoms with van der Waals surface area (Å²) in [7, 11) is 0. The Morgan fingerprint density at radius 2 is 1.21 bits per heavy atom. The number of halogens is 2. The number of rotatable bonds is 11. The lowest BCUT2D eigenvalue weighted by atomic mass is 10.1. The number of ether oxygens (including phenoxy) is 3. The monoisotopic (exact) mass is 852 g/mol. The largest absolute Gasteiger partial charge is 0.481 e. The van der Waals surface area contributed by atoms with Crippen molar-refractivity contribution in [2.24, 2.45) is 0 Å². The maximum atomic E-state index is 15.0. The van der Waals surface area contributed by atoms with Crippen LogP contribution in [0.2, 0.25) is 0 Å². The Kier molecular flexibility index (Phi) is 12.5. The maximum Gasteiger partial charge on any atom is 0.307 e. The minimum absolute atomic E-state index is 0.000718. The molecule has 2 aliphatic rings. The first-order valence-electron chi connectivity index (χ1n) is 19.0. The van der Waals surface area contributed by atoms with Crippen molar-refractivity contribution in [3.05, 3.63) is 96.6 Å². The molecule has 320 valence electrons. The van der Waals surface area contributed by atoms with E-state index in [-0.39, 0.29) is 91.7 Å². The van der Waals surface area contributed by atoms with Crippen molar-refractivity contribution in [2.45, 2.75) is 32.9 Å². The van der Waals surface area contributed by atoms with Gasteiger partial charge in [0.25, 0.3) is 11.8 Å². The highest BCUT2D eigenvalue weighted by atomic mass is 19.1. The van der Waals surface area contributed by atoms with E-state index in [4.69, 9.17) is 30.8 Å². The van der Waals surface area contributed by atoms with E-state index in [1.165, 1.54) is 57.7 Å². The SMILES string of the molecule is CCOC(=O)CCn1cc(-c2ccc(N3CCOc4ncnc(N)c4C3=O)cc2F)cn1.Nc1ncnc2c1C(=O)N(c1ccc(-c3cnn(CCC(=O)O)c3)c(F)c1)CCO2. The summed E-state index contributed by atoms with van der Waals surface area (Å²) in [6.45, 7) is 3.27. The number of nitrogen functional groups attached to an aromatic ring is 2. The summed E-state index contributed by atoms with van der Waals surface area (Å²) in [4.78, 5) is 66.5. The van der Waals surface area contributed by atoms with Crippen LogP contribution in [0.1, 0.15) is 40.5 Å². The van der Waals surface area contributed by atoms with Crippen LogP contribution in [0.3, 0.4) is 0 Å². The molecule has 6 heterocycles.